The van der Waals surface area contributed by atoms with Crippen LogP contribution in [0.1, 0.15) is 17.4 Å². The molecule has 2 unspecified atom stereocenters. The molecule has 6 nitrogen and oxygen atoms in total. The molecule has 20 heavy (non-hydrogen) atoms. The van der Waals surface area contributed by atoms with Crippen molar-refractivity contribution in [1.29, 1.82) is 0 Å². The van der Waals surface area contributed by atoms with Crippen LogP contribution in [-0.4, -0.2) is 51.2 Å². The second-order valence-electron chi connectivity index (χ2n) is 4.69. The van der Waals surface area contributed by atoms with Crippen LogP contribution in [0.3, 0.4) is 0 Å². The van der Waals surface area contributed by atoms with Gasteiger partial charge in [0.1, 0.15) is 0 Å². The quantitative estimate of drug-likeness (QED) is 0.674. The molecule has 1 aromatic heterocycles. The summed E-state index contributed by atoms with van der Waals surface area (Å²) in [7, 11) is 0. The second kappa shape index (κ2) is 5.97. The lowest BCUT2D eigenvalue weighted by atomic mass is 9.99. The number of hydrogen-bond acceptors (Lipinski definition) is 5. The molecule has 2 heterocycles. The molecule has 8 heteroatoms. The second-order valence-corrected chi connectivity index (χ2v) is 5.87. The molecular formula is C12H14ClN3O3S. The molecule has 1 N–H and O–H groups in total. The monoisotopic (exact) mass is 315 g/mol. The van der Waals surface area contributed by atoms with Gasteiger partial charge in [-0.3, -0.25) is 9.59 Å². The highest BCUT2D eigenvalue weighted by molar-refractivity contribution is 7.98. The Hall–Kier alpha value is -1.34. The van der Waals surface area contributed by atoms with E-state index in [0.717, 1.165) is 0 Å². The minimum atomic E-state index is -0.883. The van der Waals surface area contributed by atoms with Gasteiger partial charge in [0.15, 0.2) is 10.9 Å². The fourth-order valence-corrected chi connectivity index (χ4v) is 2.72. The third kappa shape index (κ3) is 2.88. The summed E-state index contributed by atoms with van der Waals surface area (Å²) in [4.78, 5) is 33.1. The summed E-state index contributed by atoms with van der Waals surface area (Å²) in [6, 6.07) is 0. The summed E-state index contributed by atoms with van der Waals surface area (Å²) in [6.07, 6.45) is 3.19. The van der Waals surface area contributed by atoms with Gasteiger partial charge in [-0.25, -0.2) is 9.97 Å². The first-order valence-corrected chi connectivity index (χ1v) is 7.63. The van der Waals surface area contributed by atoms with E-state index < -0.39 is 11.9 Å². The summed E-state index contributed by atoms with van der Waals surface area (Å²) >= 11 is 7.28. The Kier molecular flexibility index (Phi) is 4.49. The fourth-order valence-electron chi connectivity index (χ4n) is 2.20. The Morgan fingerprint density at radius 1 is 1.50 bits per heavy atom. The van der Waals surface area contributed by atoms with Crippen LogP contribution in [-0.2, 0) is 4.79 Å². The third-order valence-electron chi connectivity index (χ3n) is 3.32. The Morgan fingerprint density at radius 2 is 2.20 bits per heavy atom. The lowest BCUT2D eigenvalue weighted by molar-refractivity contribution is -0.142. The van der Waals surface area contributed by atoms with Crippen molar-refractivity contribution < 1.29 is 14.7 Å². The minimum absolute atomic E-state index is 0.0860. The molecule has 0 radical (unpaired) electrons. The van der Waals surface area contributed by atoms with Crippen LogP contribution in [0, 0.1) is 11.8 Å². The van der Waals surface area contributed by atoms with Crippen LogP contribution in [0.2, 0.25) is 5.02 Å². The number of likely N-dealkylation sites (tertiary alicyclic amines) is 1. The normalized spacial score (nSPS) is 22.1. The van der Waals surface area contributed by atoms with Crippen molar-refractivity contribution in [2.45, 2.75) is 12.1 Å². The molecule has 0 bridgehead atoms. The Morgan fingerprint density at radius 3 is 2.75 bits per heavy atom. The Labute approximate surface area is 125 Å². The smallest absolute Gasteiger partial charge is 0.308 e. The van der Waals surface area contributed by atoms with E-state index >= 15 is 0 Å². The average molecular weight is 316 g/mol. The van der Waals surface area contributed by atoms with Gasteiger partial charge >= 0.3 is 5.97 Å². The summed E-state index contributed by atoms with van der Waals surface area (Å²) in [5.74, 6) is -1.86. The van der Waals surface area contributed by atoms with E-state index in [1.165, 1.54) is 22.9 Å². The molecule has 1 saturated heterocycles. The van der Waals surface area contributed by atoms with E-state index in [0.29, 0.717) is 11.7 Å². The van der Waals surface area contributed by atoms with E-state index in [1.807, 2.05) is 6.92 Å². The van der Waals surface area contributed by atoms with Crippen LogP contribution in [0.5, 0.6) is 0 Å². The zero-order valence-electron chi connectivity index (χ0n) is 11.0. The molecule has 0 spiro atoms. The summed E-state index contributed by atoms with van der Waals surface area (Å²) in [5, 5.41) is 9.74. The highest BCUT2D eigenvalue weighted by atomic mass is 35.5. The number of nitrogens with zero attached hydrogens (tertiary/aromatic N) is 3. The number of aliphatic carboxylic acids is 1. The molecule has 2 rings (SSSR count). The average Bonchev–Trinajstić information content (AvgIpc) is 2.81. The number of amides is 1. The Bertz CT molecular complexity index is 555. The van der Waals surface area contributed by atoms with Crippen molar-refractivity contribution in [3.8, 4) is 0 Å². The first-order chi connectivity index (χ1) is 9.43. The van der Waals surface area contributed by atoms with Crippen molar-refractivity contribution in [1.82, 2.24) is 14.9 Å². The largest absolute Gasteiger partial charge is 0.481 e. The maximum Gasteiger partial charge on any atom is 0.308 e. The maximum absolute atomic E-state index is 12.4. The highest BCUT2D eigenvalue weighted by Crippen LogP contribution is 2.26. The topological polar surface area (TPSA) is 83.4 Å². The number of halogens is 1. The van der Waals surface area contributed by atoms with Gasteiger partial charge in [-0.15, -0.1) is 0 Å². The van der Waals surface area contributed by atoms with Crippen LogP contribution in [0.15, 0.2) is 11.4 Å². The zero-order valence-corrected chi connectivity index (χ0v) is 12.6. The van der Waals surface area contributed by atoms with Gasteiger partial charge in [-0.05, 0) is 12.2 Å². The molecule has 0 aromatic carbocycles. The van der Waals surface area contributed by atoms with Gasteiger partial charge in [0.25, 0.3) is 5.91 Å². The number of hydrogen-bond donors (Lipinski definition) is 1. The van der Waals surface area contributed by atoms with E-state index in [4.69, 9.17) is 16.7 Å². The molecule has 1 fully saturated rings. The molecule has 1 amide bonds. The van der Waals surface area contributed by atoms with Gasteiger partial charge in [-0.1, -0.05) is 30.3 Å². The zero-order chi connectivity index (χ0) is 14.9. The Balaban J connectivity index is 2.22. The summed E-state index contributed by atoms with van der Waals surface area (Å²) < 4.78 is 0. The lowest BCUT2D eigenvalue weighted by Gasteiger charge is -2.16. The summed E-state index contributed by atoms with van der Waals surface area (Å²) in [6.45, 7) is 2.40. The highest BCUT2D eigenvalue weighted by Gasteiger charge is 2.38. The number of carbonyl (C=O) groups is 2. The van der Waals surface area contributed by atoms with Gasteiger partial charge in [-0.2, -0.15) is 0 Å². The van der Waals surface area contributed by atoms with Crippen LogP contribution >= 0.6 is 23.4 Å². The molecule has 2 atom stereocenters. The summed E-state index contributed by atoms with van der Waals surface area (Å²) in [5.41, 5.74) is 0.129. The van der Waals surface area contributed by atoms with E-state index in [-0.39, 0.29) is 29.1 Å². The SMILES string of the molecule is CSc1ncc(Cl)c(C(=O)N2CC(C)C(C(=O)O)C2)n1. The number of rotatable bonds is 3. The van der Waals surface area contributed by atoms with Crippen molar-refractivity contribution >= 4 is 35.2 Å². The van der Waals surface area contributed by atoms with Gasteiger partial charge in [0.2, 0.25) is 0 Å². The predicted molar refractivity (Wildman–Crippen MR) is 75.0 cm³/mol. The van der Waals surface area contributed by atoms with Crippen LogP contribution in [0.4, 0.5) is 0 Å². The molecule has 0 aliphatic carbocycles. The van der Waals surface area contributed by atoms with Crippen molar-refractivity contribution in [3.63, 3.8) is 0 Å². The van der Waals surface area contributed by atoms with Crippen LogP contribution in [0.25, 0.3) is 0 Å². The van der Waals surface area contributed by atoms with Gasteiger partial charge in [0.05, 0.1) is 17.1 Å². The van der Waals surface area contributed by atoms with E-state index in [2.05, 4.69) is 9.97 Å². The number of thioether (sulfide) groups is 1. The number of carboxylic acid groups (broad SMARTS) is 1. The lowest BCUT2D eigenvalue weighted by Crippen LogP contribution is -2.31. The number of carboxylic acids is 1. The predicted octanol–water partition coefficient (Wildman–Crippen LogP) is 1.64. The van der Waals surface area contributed by atoms with Crippen LogP contribution < -0.4 is 0 Å². The molecule has 1 aliphatic rings. The molecular weight excluding hydrogens is 302 g/mol. The minimum Gasteiger partial charge on any atom is -0.481 e. The fraction of sp³-hybridized carbons (Fsp3) is 0.500. The number of aromatic nitrogens is 2. The standard InChI is InChI=1S/C12H14ClN3O3S/c1-6-4-16(5-7(6)11(18)19)10(17)9-8(13)3-14-12(15-9)20-2/h3,6-7H,4-5H2,1-2H3,(H,18,19). The van der Waals surface area contributed by atoms with Crippen molar-refractivity contribution in [2.24, 2.45) is 11.8 Å². The molecule has 1 aromatic rings. The first kappa shape index (κ1) is 15.1. The van der Waals surface area contributed by atoms with Crippen molar-refractivity contribution in [3.05, 3.63) is 16.9 Å². The molecule has 108 valence electrons. The van der Waals surface area contributed by atoms with Gasteiger partial charge < -0.3 is 10.0 Å². The number of carbonyl (C=O) groups excluding carboxylic acids is 1. The first-order valence-electron chi connectivity index (χ1n) is 6.02. The van der Waals surface area contributed by atoms with E-state index in [1.54, 1.807) is 6.26 Å². The molecule has 1 aliphatic heterocycles. The van der Waals surface area contributed by atoms with Crippen molar-refractivity contribution in [2.75, 3.05) is 19.3 Å². The maximum atomic E-state index is 12.4. The van der Waals surface area contributed by atoms with Gasteiger partial charge in [0, 0.05) is 13.1 Å². The third-order valence-corrected chi connectivity index (χ3v) is 4.16. The molecule has 0 saturated carbocycles. The van der Waals surface area contributed by atoms with E-state index in [9.17, 15) is 9.59 Å².